The van der Waals surface area contributed by atoms with E-state index in [1.807, 2.05) is 0 Å². The molecule has 0 aliphatic carbocycles. The molecule has 1 aliphatic heterocycles. The number of ether oxygens (including phenoxy) is 2. The van der Waals surface area contributed by atoms with Crippen molar-refractivity contribution in [2.75, 3.05) is 35.6 Å². The Morgan fingerprint density at radius 3 is 2.32 bits per heavy atom. The Morgan fingerprint density at radius 1 is 1.06 bits per heavy atom. The van der Waals surface area contributed by atoms with Gasteiger partial charge in [-0.2, -0.15) is 13.2 Å². The summed E-state index contributed by atoms with van der Waals surface area (Å²) in [5.41, 5.74) is -0.201. The van der Waals surface area contributed by atoms with E-state index in [1.54, 1.807) is 18.2 Å². The zero-order valence-corrected chi connectivity index (χ0v) is 17.4. The minimum atomic E-state index is -4.45. The van der Waals surface area contributed by atoms with Gasteiger partial charge < -0.3 is 14.8 Å². The zero-order valence-electron chi connectivity index (χ0n) is 16.6. The van der Waals surface area contributed by atoms with E-state index < -0.39 is 27.7 Å². The van der Waals surface area contributed by atoms with E-state index in [0.29, 0.717) is 30.4 Å². The smallest absolute Gasteiger partial charge is 0.416 e. The number of benzene rings is 2. The number of halogens is 3. The molecule has 1 heterocycles. The summed E-state index contributed by atoms with van der Waals surface area (Å²) in [6, 6.07) is 8.87. The highest BCUT2D eigenvalue weighted by Crippen LogP contribution is 2.35. The number of alkyl halides is 3. The molecule has 2 aromatic rings. The van der Waals surface area contributed by atoms with Crippen molar-refractivity contribution in [2.24, 2.45) is 0 Å². The number of hydrogen-bond acceptors (Lipinski definition) is 5. The molecular formula is C20H21F3N2O5S. The van der Waals surface area contributed by atoms with Gasteiger partial charge in [-0.15, -0.1) is 0 Å². The number of nitrogens with one attached hydrogen (secondary N) is 1. The molecule has 0 spiro atoms. The van der Waals surface area contributed by atoms with Crippen LogP contribution in [0, 0.1) is 0 Å². The monoisotopic (exact) mass is 458 g/mol. The highest BCUT2D eigenvalue weighted by molar-refractivity contribution is 7.92. The normalized spacial score (nSPS) is 13.5. The molecule has 0 atom stereocenters. The number of fused-ring (bicyclic) bond motifs is 1. The molecule has 11 heteroatoms. The number of amides is 1. The van der Waals surface area contributed by atoms with Crippen molar-refractivity contribution in [2.45, 2.75) is 19.0 Å². The van der Waals surface area contributed by atoms with Gasteiger partial charge in [0.05, 0.1) is 17.5 Å². The summed E-state index contributed by atoms with van der Waals surface area (Å²) in [6.07, 6.45) is -3.21. The standard InChI is InChI=1S/C20H21F3N2O5S/c1-31(27,28)25(16-8-9-17-18(13-16)30-12-11-29-17)10-2-3-19(26)24-15-6-4-14(5-7-15)20(21,22)23/h4-9,13H,2-3,10-12H2,1H3,(H,24,26). The van der Waals surface area contributed by atoms with Crippen LogP contribution in [-0.4, -0.2) is 40.3 Å². The molecule has 0 fully saturated rings. The first kappa shape index (κ1) is 22.7. The van der Waals surface area contributed by atoms with E-state index in [9.17, 15) is 26.4 Å². The molecular weight excluding hydrogens is 437 g/mol. The predicted octanol–water partition coefficient (Wildman–Crippen LogP) is 3.66. The van der Waals surface area contributed by atoms with E-state index >= 15 is 0 Å². The molecule has 1 N–H and O–H groups in total. The Morgan fingerprint density at radius 2 is 1.71 bits per heavy atom. The maximum Gasteiger partial charge on any atom is 0.416 e. The third-order valence-corrected chi connectivity index (χ3v) is 5.67. The number of nitrogens with zero attached hydrogens (tertiary/aromatic N) is 1. The lowest BCUT2D eigenvalue weighted by Crippen LogP contribution is -2.31. The summed E-state index contributed by atoms with van der Waals surface area (Å²) in [7, 11) is -3.62. The fourth-order valence-corrected chi connectivity index (χ4v) is 3.98. The van der Waals surface area contributed by atoms with Crippen molar-refractivity contribution in [1.29, 1.82) is 0 Å². The molecule has 168 valence electrons. The van der Waals surface area contributed by atoms with Crippen LogP contribution in [0.3, 0.4) is 0 Å². The van der Waals surface area contributed by atoms with Crippen LogP contribution in [0.25, 0.3) is 0 Å². The average Bonchev–Trinajstić information content (AvgIpc) is 2.69. The molecule has 0 unspecified atom stereocenters. The number of anilines is 2. The van der Waals surface area contributed by atoms with E-state index in [0.717, 1.165) is 22.7 Å². The lowest BCUT2D eigenvalue weighted by Gasteiger charge is -2.25. The molecule has 0 bridgehead atoms. The van der Waals surface area contributed by atoms with E-state index in [1.165, 1.54) is 12.1 Å². The summed E-state index contributed by atoms with van der Waals surface area (Å²) in [5, 5.41) is 2.50. The van der Waals surface area contributed by atoms with Gasteiger partial charge in [0.25, 0.3) is 0 Å². The number of rotatable bonds is 7. The maximum absolute atomic E-state index is 12.6. The van der Waals surface area contributed by atoms with Gasteiger partial charge in [0.15, 0.2) is 11.5 Å². The van der Waals surface area contributed by atoms with Gasteiger partial charge in [-0.25, -0.2) is 8.42 Å². The lowest BCUT2D eigenvalue weighted by molar-refractivity contribution is -0.137. The number of sulfonamides is 1. The van der Waals surface area contributed by atoms with Crippen LogP contribution < -0.4 is 19.1 Å². The summed E-state index contributed by atoms with van der Waals surface area (Å²) in [4.78, 5) is 12.1. The number of carbonyl (C=O) groups excluding carboxylic acids is 1. The Labute approximate surface area is 177 Å². The zero-order chi connectivity index (χ0) is 22.6. The van der Waals surface area contributed by atoms with Gasteiger partial charge in [-0.3, -0.25) is 9.10 Å². The third kappa shape index (κ3) is 6.03. The van der Waals surface area contributed by atoms with E-state index in [4.69, 9.17) is 9.47 Å². The number of carbonyl (C=O) groups is 1. The fraction of sp³-hybridized carbons (Fsp3) is 0.350. The van der Waals surface area contributed by atoms with Gasteiger partial charge in [-0.1, -0.05) is 0 Å². The Bertz CT molecular complexity index is 1040. The summed E-state index contributed by atoms with van der Waals surface area (Å²) >= 11 is 0. The van der Waals surface area contributed by atoms with Gasteiger partial charge in [0.1, 0.15) is 13.2 Å². The molecule has 7 nitrogen and oxygen atoms in total. The SMILES string of the molecule is CS(=O)(=O)N(CCCC(=O)Nc1ccc(C(F)(F)F)cc1)c1ccc2c(c1)OCCO2. The molecule has 0 saturated heterocycles. The maximum atomic E-state index is 12.6. The Balaban J connectivity index is 1.59. The summed E-state index contributed by atoms with van der Waals surface area (Å²) in [5.74, 6) is 0.534. The molecule has 2 aromatic carbocycles. The fourth-order valence-electron chi connectivity index (χ4n) is 3.02. The lowest BCUT2D eigenvalue weighted by atomic mass is 10.2. The van der Waals surface area contributed by atoms with Gasteiger partial charge in [0, 0.05) is 24.7 Å². The van der Waals surface area contributed by atoms with Crippen molar-refractivity contribution in [3.8, 4) is 11.5 Å². The van der Waals surface area contributed by atoms with Crippen molar-refractivity contribution in [3.05, 3.63) is 48.0 Å². The van der Waals surface area contributed by atoms with Crippen LogP contribution in [0.4, 0.5) is 24.5 Å². The van der Waals surface area contributed by atoms with Crippen molar-refractivity contribution < 1.29 is 35.9 Å². The highest BCUT2D eigenvalue weighted by atomic mass is 32.2. The predicted molar refractivity (Wildman–Crippen MR) is 109 cm³/mol. The molecule has 1 aliphatic rings. The molecule has 3 rings (SSSR count). The second-order valence-electron chi connectivity index (χ2n) is 6.89. The average molecular weight is 458 g/mol. The van der Waals surface area contributed by atoms with Crippen LogP contribution in [0.5, 0.6) is 11.5 Å². The van der Waals surface area contributed by atoms with Gasteiger partial charge in [0.2, 0.25) is 15.9 Å². The summed E-state index contributed by atoms with van der Waals surface area (Å²) in [6.45, 7) is 0.814. The Hall–Kier alpha value is -2.95. The third-order valence-electron chi connectivity index (χ3n) is 4.48. The van der Waals surface area contributed by atoms with Crippen molar-refractivity contribution in [3.63, 3.8) is 0 Å². The largest absolute Gasteiger partial charge is 0.486 e. The minimum Gasteiger partial charge on any atom is -0.486 e. The van der Waals surface area contributed by atoms with E-state index in [-0.39, 0.29) is 25.1 Å². The minimum absolute atomic E-state index is 0.0163. The van der Waals surface area contributed by atoms with Crippen LogP contribution in [0.15, 0.2) is 42.5 Å². The second kappa shape index (κ2) is 9.04. The molecule has 31 heavy (non-hydrogen) atoms. The van der Waals surface area contributed by atoms with Gasteiger partial charge >= 0.3 is 6.18 Å². The molecule has 0 aromatic heterocycles. The van der Waals surface area contributed by atoms with Crippen LogP contribution in [-0.2, 0) is 21.0 Å². The quantitative estimate of drug-likeness (QED) is 0.685. The number of hydrogen-bond donors (Lipinski definition) is 1. The van der Waals surface area contributed by atoms with Crippen molar-refractivity contribution >= 4 is 27.3 Å². The second-order valence-corrected chi connectivity index (χ2v) is 8.80. The Kier molecular flexibility index (Phi) is 6.63. The van der Waals surface area contributed by atoms with Crippen LogP contribution in [0.1, 0.15) is 18.4 Å². The highest BCUT2D eigenvalue weighted by Gasteiger charge is 2.30. The molecule has 1 amide bonds. The summed E-state index contributed by atoms with van der Waals surface area (Å²) < 4.78 is 74.4. The first-order chi connectivity index (χ1) is 14.5. The first-order valence-corrected chi connectivity index (χ1v) is 11.2. The van der Waals surface area contributed by atoms with Crippen LogP contribution in [0.2, 0.25) is 0 Å². The van der Waals surface area contributed by atoms with Crippen LogP contribution >= 0.6 is 0 Å². The van der Waals surface area contributed by atoms with E-state index in [2.05, 4.69) is 5.32 Å². The van der Waals surface area contributed by atoms with Crippen molar-refractivity contribution in [1.82, 2.24) is 0 Å². The molecule has 0 radical (unpaired) electrons. The topological polar surface area (TPSA) is 84.9 Å². The first-order valence-electron chi connectivity index (χ1n) is 9.38. The van der Waals surface area contributed by atoms with Gasteiger partial charge in [-0.05, 0) is 42.8 Å². The molecule has 0 saturated carbocycles.